The van der Waals surface area contributed by atoms with Gasteiger partial charge in [0, 0.05) is 12.7 Å². The van der Waals surface area contributed by atoms with Crippen LogP contribution in [0.15, 0.2) is 42.5 Å². The summed E-state index contributed by atoms with van der Waals surface area (Å²) < 4.78 is 15.8. The molecule has 2 amide bonds. The minimum absolute atomic E-state index is 0.164. The SMILES string of the molecule is CCOc1ccccc1OCC(=O)OCC(=O)N(C)CC(=O)Nc1c(C)cccc1C. The Morgan fingerprint density at radius 1 is 0.903 bits per heavy atom. The largest absolute Gasteiger partial charge is 0.490 e. The van der Waals surface area contributed by atoms with Crippen LogP contribution in [0.4, 0.5) is 5.69 Å². The van der Waals surface area contributed by atoms with Crippen molar-refractivity contribution in [2.45, 2.75) is 20.8 Å². The maximum atomic E-state index is 12.3. The van der Waals surface area contributed by atoms with E-state index in [1.165, 1.54) is 11.9 Å². The first-order valence-electron chi connectivity index (χ1n) is 9.92. The lowest BCUT2D eigenvalue weighted by molar-refractivity contribution is -0.153. The molecule has 0 radical (unpaired) electrons. The van der Waals surface area contributed by atoms with Gasteiger partial charge >= 0.3 is 5.97 Å². The van der Waals surface area contributed by atoms with Gasteiger partial charge in [-0.1, -0.05) is 30.3 Å². The van der Waals surface area contributed by atoms with Crippen molar-refractivity contribution < 1.29 is 28.6 Å². The van der Waals surface area contributed by atoms with E-state index in [2.05, 4.69) is 5.32 Å². The Bertz CT molecular complexity index is 908. The Kier molecular flexibility index (Phi) is 8.87. The Balaban J connectivity index is 1.77. The molecule has 0 bridgehead atoms. The number of nitrogens with zero attached hydrogens (tertiary/aromatic N) is 1. The maximum absolute atomic E-state index is 12.3. The van der Waals surface area contributed by atoms with Crippen molar-refractivity contribution >= 4 is 23.5 Å². The van der Waals surface area contributed by atoms with E-state index in [1.807, 2.05) is 39.0 Å². The van der Waals surface area contributed by atoms with Gasteiger partial charge in [0.1, 0.15) is 0 Å². The standard InChI is InChI=1S/C23H28N2O6/c1-5-29-18-11-6-7-12-19(18)30-15-22(28)31-14-21(27)25(4)13-20(26)24-23-16(2)9-8-10-17(23)3/h6-12H,5,13-15H2,1-4H3,(H,24,26). The minimum Gasteiger partial charge on any atom is -0.490 e. The van der Waals surface area contributed by atoms with Crippen LogP contribution in [0.5, 0.6) is 11.5 Å². The molecule has 2 rings (SSSR count). The monoisotopic (exact) mass is 428 g/mol. The summed E-state index contributed by atoms with van der Waals surface area (Å²) in [7, 11) is 1.47. The molecular formula is C23H28N2O6. The van der Waals surface area contributed by atoms with E-state index in [-0.39, 0.29) is 19.1 Å². The van der Waals surface area contributed by atoms with Gasteiger partial charge in [0.25, 0.3) is 5.91 Å². The zero-order valence-corrected chi connectivity index (χ0v) is 18.3. The second kappa shape index (κ2) is 11.6. The zero-order chi connectivity index (χ0) is 22.8. The van der Waals surface area contributed by atoms with Gasteiger partial charge in [0.2, 0.25) is 5.91 Å². The van der Waals surface area contributed by atoms with Crippen LogP contribution < -0.4 is 14.8 Å². The van der Waals surface area contributed by atoms with Gasteiger partial charge in [-0.25, -0.2) is 4.79 Å². The number of ether oxygens (including phenoxy) is 3. The number of esters is 1. The fourth-order valence-corrected chi connectivity index (χ4v) is 2.77. The molecule has 0 saturated heterocycles. The molecule has 166 valence electrons. The van der Waals surface area contributed by atoms with Crippen LogP contribution in [0.25, 0.3) is 0 Å². The molecule has 8 heteroatoms. The molecule has 0 heterocycles. The second-order valence-corrected chi connectivity index (χ2v) is 6.89. The molecule has 0 aliphatic heterocycles. The number of para-hydroxylation sites is 3. The predicted molar refractivity (Wildman–Crippen MR) is 116 cm³/mol. The average molecular weight is 428 g/mol. The molecule has 2 aromatic carbocycles. The van der Waals surface area contributed by atoms with Crippen molar-refractivity contribution in [3.8, 4) is 11.5 Å². The first kappa shape index (κ1) is 23.7. The number of carbonyl (C=O) groups is 3. The smallest absolute Gasteiger partial charge is 0.344 e. The summed E-state index contributed by atoms with van der Waals surface area (Å²) >= 11 is 0. The molecule has 0 unspecified atom stereocenters. The van der Waals surface area contributed by atoms with Gasteiger partial charge in [0.05, 0.1) is 13.2 Å². The fourth-order valence-electron chi connectivity index (χ4n) is 2.77. The molecule has 0 atom stereocenters. The average Bonchev–Trinajstić information content (AvgIpc) is 2.74. The lowest BCUT2D eigenvalue weighted by atomic mass is 10.1. The number of aryl methyl sites for hydroxylation is 2. The van der Waals surface area contributed by atoms with E-state index in [1.54, 1.807) is 24.3 Å². The van der Waals surface area contributed by atoms with E-state index < -0.39 is 18.5 Å². The van der Waals surface area contributed by atoms with Crippen molar-refractivity contribution in [2.24, 2.45) is 0 Å². The van der Waals surface area contributed by atoms with Crippen LogP contribution in [0.2, 0.25) is 0 Å². The van der Waals surface area contributed by atoms with Gasteiger partial charge in [0.15, 0.2) is 24.7 Å². The fraction of sp³-hybridized carbons (Fsp3) is 0.348. The van der Waals surface area contributed by atoms with E-state index in [4.69, 9.17) is 14.2 Å². The highest BCUT2D eigenvalue weighted by Gasteiger charge is 2.17. The molecule has 31 heavy (non-hydrogen) atoms. The topological polar surface area (TPSA) is 94.2 Å². The Morgan fingerprint density at radius 2 is 1.52 bits per heavy atom. The molecular weight excluding hydrogens is 400 g/mol. The highest BCUT2D eigenvalue weighted by atomic mass is 16.6. The van der Waals surface area contributed by atoms with Crippen LogP contribution in [-0.2, 0) is 19.1 Å². The summed E-state index contributed by atoms with van der Waals surface area (Å²) in [5.74, 6) is -0.611. The van der Waals surface area contributed by atoms with E-state index in [0.29, 0.717) is 18.1 Å². The molecule has 0 saturated carbocycles. The first-order valence-corrected chi connectivity index (χ1v) is 9.92. The van der Waals surface area contributed by atoms with Crippen molar-refractivity contribution in [3.63, 3.8) is 0 Å². The zero-order valence-electron chi connectivity index (χ0n) is 18.3. The number of nitrogens with one attached hydrogen (secondary N) is 1. The van der Waals surface area contributed by atoms with Crippen LogP contribution in [0.3, 0.4) is 0 Å². The predicted octanol–water partition coefficient (Wildman–Crippen LogP) is 2.72. The maximum Gasteiger partial charge on any atom is 0.344 e. The third-order valence-electron chi connectivity index (χ3n) is 4.40. The number of amides is 2. The lowest BCUT2D eigenvalue weighted by Crippen LogP contribution is -2.38. The van der Waals surface area contributed by atoms with Gasteiger partial charge in [-0.2, -0.15) is 0 Å². The first-order chi connectivity index (χ1) is 14.8. The summed E-state index contributed by atoms with van der Waals surface area (Å²) in [5.41, 5.74) is 2.59. The summed E-state index contributed by atoms with van der Waals surface area (Å²) in [6, 6.07) is 12.6. The molecule has 0 aliphatic carbocycles. The van der Waals surface area contributed by atoms with Gasteiger partial charge in [-0.05, 0) is 44.0 Å². The van der Waals surface area contributed by atoms with Gasteiger partial charge < -0.3 is 24.4 Å². The van der Waals surface area contributed by atoms with Crippen molar-refractivity contribution in [2.75, 3.05) is 38.7 Å². The summed E-state index contributed by atoms with van der Waals surface area (Å²) in [5, 5.41) is 2.81. The van der Waals surface area contributed by atoms with Crippen molar-refractivity contribution in [1.29, 1.82) is 0 Å². The van der Waals surface area contributed by atoms with E-state index >= 15 is 0 Å². The third-order valence-corrected chi connectivity index (χ3v) is 4.40. The molecule has 0 aliphatic rings. The number of benzene rings is 2. The van der Waals surface area contributed by atoms with Crippen molar-refractivity contribution in [1.82, 2.24) is 4.90 Å². The van der Waals surface area contributed by atoms with Crippen LogP contribution >= 0.6 is 0 Å². The lowest BCUT2D eigenvalue weighted by Gasteiger charge is -2.18. The second-order valence-electron chi connectivity index (χ2n) is 6.89. The summed E-state index contributed by atoms with van der Waals surface area (Å²) in [4.78, 5) is 37.6. The van der Waals surface area contributed by atoms with E-state index in [9.17, 15) is 14.4 Å². The molecule has 2 aromatic rings. The van der Waals surface area contributed by atoms with E-state index in [0.717, 1.165) is 16.8 Å². The Morgan fingerprint density at radius 3 is 2.13 bits per heavy atom. The highest BCUT2D eigenvalue weighted by molar-refractivity contribution is 5.96. The number of rotatable bonds is 10. The van der Waals surface area contributed by atoms with Gasteiger partial charge in [-0.15, -0.1) is 0 Å². The normalized spacial score (nSPS) is 10.2. The molecule has 0 spiro atoms. The number of carbonyl (C=O) groups excluding carboxylic acids is 3. The number of hydrogen-bond donors (Lipinski definition) is 1. The van der Waals surface area contributed by atoms with Crippen LogP contribution in [0.1, 0.15) is 18.1 Å². The Hall–Kier alpha value is -3.55. The van der Waals surface area contributed by atoms with Crippen molar-refractivity contribution in [3.05, 3.63) is 53.6 Å². The quantitative estimate of drug-likeness (QED) is 0.585. The van der Waals surface area contributed by atoms with Crippen LogP contribution in [-0.4, -0.2) is 56.1 Å². The minimum atomic E-state index is -0.701. The highest BCUT2D eigenvalue weighted by Crippen LogP contribution is 2.26. The summed E-state index contributed by atoms with van der Waals surface area (Å²) in [6.07, 6.45) is 0. The number of hydrogen-bond acceptors (Lipinski definition) is 6. The third kappa shape index (κ3) is 7.33. The molecule has 0 aromatic heterocycles. The number of anilines is 1. The number of likely N-dealkylation sites (N-methyl/N-ethyl adjacent to an activating group) is 1. The molecule has 8 nitrogen and oxygen atoms in total. The Labute approximate surface area is 182 Å². The molecule has 1 N–H and O–H groups in total. The molecule has 0 fully saturated rings. The summed E-state index contributed by atoms with van der Waals surface area (Å²) in [6.45, 7) is 5.08. The van der Waals surface area contributed by atoms with Gasteiger partial charge in [-0.3, -0.25) is 9.59 Å². The van der Waals surface area contributed by atoms with Crippen LogP contribution in [0, 0.1) is 13.8 Å².